The molecular formula is C11H18N6O3. The molecule has 20 heavy (non-hydrogen) atoms. The summed E-state index contributed by atoms with van der Waals surface area (Å²) in [6.45, 7) is 3.77. The summed E-state index contributed by atoms with van der Waals surface area (Å²) < 4.78 is 0. The zero-order valence-electron chi connectivity index (χ0n) is 11.0. The normalized spacial score (nSPS) is 16.2. The van der Waals surface area contributed by atoms with Gasteiger partial charge >= 0.3 is 0 Å². The zero-order chi connectivity index (χ0) is 14.5. The summed E-state index contributed by atoms with van der Waals surface area (Å²) in [5.74, 6) is 6.10. The highest BCUT2D eigenvalue weighted by atomic mass is 16.6. The number of nitrogens with two attached hydrogens (primary N) is 1. The first-order valence-electron chi connectivity index (χ1n) is 6.35. The van der Waals surface area contributed by atoms with Gasteiger partial charge in [0, 0.05) is 32.7 Å². The lowest BCUT2D eigenvalue weighted by Gasteiger charge is -2.35. The Kier molecular flexibility index (Phi) is 4.66. The average Bonchev–Trinajstić information content (AvgIpc) is 2.47. The van der Waals surface area contributed by atoms with Crippen LogP contribution in [0.25, 0.3) is 0 Å². The maximum absolute atomic E-state index is 10.9. The van der Waals surface area contributed by atoms with E-state index in [0.717, 1.165) is 13.1 Å². The molecule has 2 rings (SSSR count). The summed E-state index contributed by atoms with van der Waals surface area (Å²) in [5, 5.41) is 19.8. The van der Waals surface area contributed by atoms with Gasteiger partial charge in [-0.05, 0) is 0 Å². The molecule has 9 nitrogen and oxygen atoms in total. The summed E-state index contributed by atoms with van der Waals surface area (Å²) in [4.78, 5) is 18.8. The maximum atomic E-state index is 10.9. The smallest absolute Gasteiger partial charge is 0.276 e. The monoisotopic (exact) mass is 282 g/mol. The van der Waals surface area contributed by atoms with Gasteiger partial charge in [-0.15, -0.1) is 0 Å². The third-order valence-corrected chi connectivity index (χ3v) is 3.27. The number of hydrogen-bond acceptors (Lipinski definition) is 8. The Morgan fingerprint density at radius 1 is 1.40 bits per heavy atom. The number of aromatic nitrogens is 1. The molecule has 0 bridgehead atoms. The first kappa shape index (κ1) is 14.4. The summed E-state index contributed by atoms with van der Waals surface area (Å²) >= 11 is 0. The van der Waals surface area contributed by atoms with Crippen LogP contribution in [-0.4, -0.2) is 59.2 Å². The van der Waals surface area contributed by atoms with Gasteiger partial charge in [-0.3, -0.25) is 15.0 Å². The summed E-state index contributed by atoms with van der Waals surface area (Å²) in [5.41, 5.74) is 2.30. The van der Waals surface area contributed by atoms with Gasteiger partial charge in [0.25, 0.3) is 5.69 Å². The van der Waals surface area contributed by atoms with Crippen LogP contribution in [0, 0.1) is 10.1 Å². The number of nitrogens with zero attached hydrogens (tertiary/aromatic N) is 4. The van der Waals surface area contributed by atoms with E-state index in [9.17, 15) is 10.1 Å². The number of anilines is 2. The molecule has 0 radical (unpaired) electrons. The van der Waals surface area contributed by atoms with Crippen LogP contribution in [0.15, 0.2) is 12.1 Å². The lowest BCUT2D eigenvalue weighted by atomic mass is 10.3. The number of hydrazine groups is 1. The molecule has 0 unspecified atom stereocenters. The van der Waals surface area contributed by atoms with Gasteiger partial charge in [0.15, 0.2) is 0 Å². The molecule has 1 aromatic rings. The van der Waals surface area contributed by atoms with Crippen molar-refractivity contribution in [2.75, 3.05) is 49.7 Å². The largest absolute Gasteiger partial charge is 0.395 e. The van der Waals surface area contributed by atoms with Crippen LogP contribution in [0.5, 0.6) is 0 Å². The van der Waals surface area contributed by atoms with Crippen molar-refractivity contribution < 1.29 is 10.0 Å². The Labute approximate surface area is 116 Å². The van der Waals surface area contributed by atoms with Gasteiger partial charge in [-0.1, -0.05) is 0 Å². The lowest BCUT2D eigenvalue weighted by Crippen LogP contribution is -2.47. The van der Waals surface area contributed by atoms with Crippen molar-refractivity contribution in [1.29, 1.82) is 0 Å². The molecule has 1 fully saturated rings. The fourth-order valence-electron chi connectivity index (χ4n) is 2.19. The van der Waals surface area contributed by atoms with E-state index in [1.807, 2.05) is 4.90 Å². The molecule has 0 saturated carbocycles. The minimum atomic E-state index is -0.464. The van der Waals surface area contributed by atoms with Gasteiger partial charge in [0.05, 0.1) is 23.7 Å². The van der Waals surface area contributed by atoms with Crippen LogP contribution >= 0.6 is 0 Å². The highest BCUT2D eigenvalue weighted by Gasteiger charge is 2.20. The van der Waals surface area contributed by atoms with Gasteiger partial charge in [0.1, 0.15) is 11.6 Å². The van der Waals surface area contributed by atoms with Crippen molar-refractivity contribution in [3.8, 4) is 0 Å². The molecule has 1 aliphatic rings. The second-order valence-corrected chi connectivity index (χ2v) is 4.52. The second kappa shape index (κ2) is 6.46. The Morgan fingerprint density at radius 2 is 2.10 bits per heavy atom. The maximum Gasteiger partial charge on any atom is 0.276 e. The average molecular weight is 282 g/mol. The summed E-state index contributed by atoms with van der Waals surface area (Å²) in [6, 6.07) is 2.74. The van der Waals surface area contributed by atoms with Crippen LogP contribution in [0.2, 0.25) is 0 Å². The lowest BCUT2D eigenvalue weighted by molar-refractivity contribution is -0.384. The molecule has 1 aliphatic heterocycles. The number of hydrogen-bond donors (Lipinski definition) is 3. The van der Waals surface area contributed by atoms with Crippen molar-refractivity contribution in [1.82, 2.24) is 9.88 Å². The third kappa shape index (κ3) is 3.32. The van der Waals surface area contributed by atoms with E-state index in [1.54, 1.807) is 0 Å². The molecule has 1 saturated heterocycles. The standard InChI is InChI=1S/C11H18N6O3/c12-14-10-7-9(17(19)20)8-11(13-10)16-3-1-15(2-4-16)5-6-18/h7-8,18H,1-6,12H2,(H,13,14). The third-order valence-electron chi connectivity index (χ3n) is 3.27. The Bertz CT molecular complexity index is 475. The molecule has 4 N–H and O–H groups in total. The van der Waals surface area contributed by atoms with Crippen LogP contribution in [0.3, 0.4) is 0 Å². The number of nitrogen functional groups attached to an aromatic ring is 1. The molecule has 1 aromatic heterocycles. The Balaban J connectivity index is 2.12. The molecular weight excluding hydrogens is 264 g/mol. The van der Waals surface area contributed by atoms with Crippen molar-refractivity contribution in [2.45, 2.75) is 0 Å². The zero-order valence-corrected chi connectivity index (χ0v) is 11.0. The van der Waals surface area contributed by atoms with Gasteiger partial charge < -0.3 is 15.4 Å². The fraction of sp³-hybridized carbons (Fsp3) is 0.545. The Hall–Kier alpha value is -1.97. The molecule has 0 amide bonds. The number of piperazine rings is 1. The second-order valence-electron chi connectivity index (χ2n) is 4.52. The van der Waals surface area contributed by atoms with Crippen LogP contribution in [-0.2, 0) is 0 Å². The topological polar surface area (TPSA) is 121 Å². The van der Waals surface area contributed by atoms with E-state index in [2.05, 4.69) is 15.3 Å². The first-order chi connectivity index (χ1) is 9.63. The molecule has 2 heterocycles. The van der Waals surface area contributed by atoms with Gasteiger partial charge in [0.2, 0.25) is 0 Å². The number of β-amino-alcohol motifs (C(OH)–C–C–N with tert-alkyl or cyclic N) is 1. The highest BCUT2D eigenvalue weighted by molar-refractivity contribution is 5.55. The number of rotatable bonds is 5. The molecule has 0 aliphatic carbocycles. The van der Waals surface area contributed by atoms with Gasteiger partial charge in [-0.25, -0.2) is 10.8 Å². The summed E-state index contributed by atoms with van der Waals surface area (Å²) in [7, 11) is 0. The minimum absolute atomic E-state index is 0.0410. The predicted molar refractivity (Wildman–Crippen MR) is 74.4 cm³/mol. The van der Waals surface area contributed by atoms with Crippen molar-refractivity contribution in [2.24, 2.45) is 5.84 Å². The molecule has 9 heteroatoms. The minimum Gasteiger partial charge on any atom is -0.395 e. The fourth-order valence-corrected chi connectivity index (χ4v) is 2.19. The SMILES string of the molecule is NNc1cc([N+](=O)[O-])cc(N2CCN(CCO)CC2)n1. The van der Waals surface area contributed by atoms with Crippen molar-refractivity contribution >= 4 is 17.3 Å². The first-order valence-corrected chi connectivity index (χ1v) is 6.35. The predicted octanol–water partition coefficient (Wildman–Crippen LogP) is -0.610. The highest BCUT2D eigenvalue weighted by Crippen LogP contribution is 2.23. The van der Waals surface area contributed by atoms with Crippen molar-refractivity contribution in [3.05, 3.63) is 22.2 Å². The van der Waals surface area contributed by atoms with E-state index >= 15 is 0 Å². The van der Waals surface area contributed by atoms with Crippen LogP contribution in [0.4, 0.5) is 17.3 Å². The number of nitro groups is 1. The number of pyridine rings is 1. The van der Waals surface area contributed by atoms with Crippen molar-refractivity contribution in [3.63, 3.8) is 0 Å². The van der Waals surface area contributed by atoms with E-state index < -0.39 is 4.92 Å². The van der Waals surface area contributed by atoms with E-state index in [4.69, 9.17) is 10.9 Å². The molecule has 0 aromatic carbocycles. The number of aliphatic hydroxyl groups excluding tert-OH is 1. The Morgan fingerprint density at radius 3 is 2.65 bits per heavy atom. The molecule has 110 valence electrons. The van der Waals surface area contributed by atoms with E-state index in [0.29, 0.717) is 25.5 Å². The molecule has 0 atom stereocenters. The van der Waals surface area contributed by atoms with E-state index in [-0.39, 0.29) is 18.1 Å². The molecule has 0 spiro atoms. The van der Waals surface area contributed by atoms with Crippen LogP contribution in [0.1, 0.15) is 0 Å². The quantitative estimate of drug-likeness (QED) is 0.371. The van der Waals surface area contributed by atoms with Gasteiger partial charge in [-0.2, -0.15) is 0 Å². The van der Waals surface area contributed by atoms with E-state index in [1.165, 1.54) is 12.1 Å². The number of nitrogens with one attached hydrogen (secondary N) is 1. The van der Waals surface area contributed by atoms with Crippen LogP contribution < -0.4 is 16.2 Å². The summed E-state index contributed by atoms with van der Waals surface area (Å²) in [6.07, 6.45) is 0. The number of aliphatic hydroxyl groups is 1.